The van der Waals surface area contributed by atoms with Crippen LogP contribution in [0.1, 0.15) is 56.1 Å². The fourth-order valence-electron chi connectivity index (χ4n) is 2.53. The van der Waals surface area contributed by atoms with Crippen molar-refractivity contribution in [2.45, 2.75) is 52.7 Å². The van der Waals surface area contributed by atoms with Crippen LogP contribution in [-0.4, -0.2) is 40.3 Å². The highest BCUT2D eigenvalue weighted by Gasteiger charge is 2.52. The smallest absolute Gasteiger partial charge is 0.478 e. The van der Waals surface area contributed by atoms with Crippen LogP contribution in [0.5, 0.6) is 0 Å². The van der Waals surface area contributed by atoms with Gasteiger partial charge in [0, 0.05) is 12.7 Å². The highest BCUT2D eigenvalue weighted by Crippen LogP contribution is 2.39. The predicted octanol–water partition coefficient (Wildman–Crippen LogP) is 3.99. The van der Waals surface area contributed by atoms with Crippen molar-refractivity contribution in [1.29, 1.82) is 0 Å². The van der Waals surface area contributed by atoms with Gasteiger partial charge < -0.3 is 14.4 Å². The van der Waals surface area contributed by atoms with Gasteiger partial charge in [0.15, 0.2) is 5.12 Å². The highest BCUT2D eigenvalue weighted by molar-refractivity contribution is 8.13. The quantitative estimate of drug-likeness (QED) is 0.784. The van der Waals surface area contributed by atoms with Crippen LogP contribution in [0, 0.1) is 6.92 Å². The molecule has 0 aliphatic carbocycles. The molecule has 1 N–H and O–H groups in total. The Kier molecular flexibility index (Phi) is 6.05. The van der Waals surface area contributed by atoms with E-state index in [0.717, 1.165) is 11.0 Å². The first-order chi connectivity index (χ1) is 11.9. The third-order valence-electron chi connectivity index (χ3n) is 4.84. The molecule has 0 spiro atoms. The maximum atomic E-state index is 11.4. The molecule has 5 nitrogen and oxygen atoms in total. The number of benzene rings is 1. The molecule has 1 aromatic rings. The van der Waals surface area contributed by atoms with E-state index >= 15 is 0 Å². The molecule has 7 heteroatoms. The molecule has 0 bridgehead atoms. The number of carboxylic acids is 1. The Balaban J connectivity index is 2.39. The summed E-state index contributed by atoms with van der Waals surface area (Å²) in [5, 5.41) is 9.33. The number of rotatable bonds is 5. The van der Waals surface area contributed by atoms with E-state index in [2.05, 4.69) is 0 Å². The average molecular weight is 376 g/mol. The zero-order chi connectivity index (χ0) is 19.7. The van der Waals surface area contributed by atoms with Gasteiger partial charge in [0.1, 0.15) is 0 Å². The molecule has 1 aliphatic heterocycles. The van der Waals surface area contributed by atoms with Crippen molar-refractivity contribution in [3.05, 3.63) is 40.4 Å². The van der Waals surface area contributed by atoms with Crippen molar-refractivity contribution >= 4 is 36.0 Å². The van der Waals surface area contributed by atoms with Crippen LogP contribution in [0.3, 0.4) is 0 Å². The molecule has 2 rings (SSSR count). The second-order valence-corrected chi connectivity index (χ2v) is 8.62. The highest BCUT2D eigenvalue weighted by atomic mass is 32.2. The second kappa shape index (κ2) is 7.58. The first-order valence-electron chi connectivity index (χ1n) is 8.46. The number of aromatic carboxylic acids is 1. The Morgan fingerprint density at radius 3 is 2.27 bits per heavy atom. The molecule has 0 saturated carbocycles. The molecule has 1 saturated heterocycles. The molecule has 0 amide bonds. The van der Waals surface area contributed by atoms with Gasteiger partial charge in [-0.3, -0.25) is 4.79 Å². The van der Waals surface area contributed by atoms with Gasteiger partial charge in [0.2, 0.25) is 0 Å². The average Bonchev–Trinajstić information content (AvgIpc) is 2.72. The van der Waals surface area contributed by atoms with Crippen molar-refractivity contribution in [2.75, 3.05) is 5.75 Å². The minimum absolute atomic E-state index is 0.00236. The number of hydrogen-bond acceptors (Lipinski definition) is 5. The third-order valence-corrected chi connectivity index (χ3v) is 5.73. The maximum Gasteiger partial charge on any atom is 0.491 e. The normalized spacial score (nSPS) is 18.8. The summed E-state index contributed by atoms with van der Waals surface area (Å²) in [7, 11) is -0.582. The molecule has 140 valence electrons. The molecule has 0 atom stereocenters. The van der Waals surface area contributed by atoms with Gasteiger partial charge in [0.25, 0.3) is 0 Å². The number of carbonyl (C=O) groups is 2. The Morgan fingerprint density at radius 2 is 1.77 bits per heavy atom. The molecule has 1 fully saturated rings. The fourth-order valence-corrected chi connectivity index (χ4v) is 3.12. The lowest BCUT2D eigenvalue weighted by Gasteiger charge is -2.32. The molecular weight excluding hydrogens is 351 g/mol. The minimum Gasteiger partial charge on any atom is -0.478 e. The summed E-state index contributed by atoms with van der Waals surface area (Å²) in [4.78, 5) is 22.8. The van der Waals surface area contributed by atoms with Crippen molar-refractivity contribution in [1.82, 2.24) is 0 Å². The van der Waals surface area contributed by atoms with Crippen molar-refractivity contribution < 1.29 is 24.0 Å². The topological polar surface area (TPSA) is 72.8 Å². The van der Waals surface area contributed by atoms with E-state index in [1.165, 1.54) is 18.7 Å². The van der Waals surface area contributed by atoms with Crippen molar-refractivity contribution in [3.8, 4) is 0 Å². The van der Waals surface area contributed by atoms with E-state index in [1.54, 1.807) is 19.1 Å². The van der Waals surface area contributed by atoms with E-state index < -0.39 is 24.3 Å². The Labute approximate surface area is 159 Å². The summed E-state index contributed by atoms with van der Waals surface area (Å²) in [5.74, 6) is -0.546. The van der Waals surface area contributed by atoms with Crippen molar-refractivity contribution in [3.63, 3.8) is 0 Å². The summed E-state index contributed by atoms with van der Waals surface area (Å²) in [6.45, 7) is 11.2. The van der Waals surface area contributed by atoms with E-state index in [1.807, 2.05) is 39.8 Å². The Hall–Kier alpha value is -1.57. The number of hydrogen-bond donors (Lipinski definition) is 1. The first-order valence-corrected chi connectivity index (χ1v) is 9.45. The van der Waals surface area contributed by atoms with Crippen LogP contribution in [0.2, 0.25) is 0 Å². The lowest BCUT2D eigenvalue weighted by atomic mass is 9.78. The number of carboxylic acid groups (broad SMARTS) is 1. The monoisotopic (exact) mass is 376 g/mol. The van der Waals surface area contributed by atoms with E-state index in [0.29, 0.717) is 11.3 Å². The number of aryl methyl sites for hydroxylation is 1. The Bertz CT molecular complexity index is 738. The van der Waals surface area contributed by atoms with Gasteiger partial charge in [-0.15, -0.1) is 0 Å². The molecule has 1 heterocycles. The lowest BCUT2D eigenvalue weighted by molar-refractivity contribution is -0.109. The largest absolute Gasteiger partial charge is 0.491 e. The summed E-state index contributed by atoms with van der Waals surface area (Å²) >= 11 is 1.18. The van der Waals surface area contributed by atoms with Crippen LogP contribution in [-0.2, 0) is 14.1 Å². The van der Waals surface area contributed by atoms with Crippen LogP contribution in [0.4, 0.5) is 0 Å². The van der Waals surface area contributed by atoms with Crippen LogP contribution in [0.25, 0.3) is 6.08 Å². The summed E-state index contributed by atoms with van der Waals surface area (Å²) in [6.07, 6.45) is 1.85. The van der Waals surface area contributed by atoms with Gasteiger partial charge in [-0.25, -0.2) is 4.79 Å². The summed E-state index contributed by atoms with van der Waals surface area (Å²) in [5.41, 5.74) is 1.51. The third kappa shape index (κ3) is 4.58. The second-order valence-electron chi connectivity index (χ2n) is 7.47. The standard InChI is InChI=1S/C19H25BO5S/c1-12-7-8-14(10-16(12)17(22)23)9-15(11-26-13(2)21)20-24-18(3,4)19(5,6)25-20/h7-10H,11H2,1-6H3,(H,22,23). The summed E-state index contributed by atoms with van der Waals surface area (Å²) < 4.78 is 12.2. The molecular formula is C19H25BO5S. The van der Waals surface area contributed by atoms with E-state index in [9.17, 15) is 14.7 Å². The van der Waals surface area contributed by atoms with E-state index in [4.69, 9.17) is 9.31 Å². The maximum absolute atomic E-state index is 11.4. The molecule has 0 unspecified atom stereocenters. The van der Waals surface area contributed by atoms with Gasteiger partial charge in [-0.05, 0) is 57.3 Å². The van der Waals surface area contributed by atoms with Gasteiger partial charge in [-0.1, -0.05) is 30.0 Å². The van der Waals surface area contributed by atoms with E-state index in [-0.39, 0.29) is 10.7 Å². The molecule has 26 heavy (non-hydrogen) atoms. The predicted molar refractivity (Wildman–Crippen MR) is 105 cm³/mol. The van der Waals surface area contributed by atoms with Gasteiger partial charge >= 0.3 is 13.1 Å². The Morgan fingerprint density at radius 1 is 1.19 bits per heavy atom. The number of carbonyl (C=O) groups excluding carboxylic acids is 1. The zero-order valence-corrected chi connectivity index (χ0v) is 16.9. The molecule has 1 aliphatic rings. The zero-order valence-electron chi connectivity index (χ0n) is 16.1. The summed E-state index contributed by atoms with van der Waals surface area (Å²) in [6, 6.07) is 5.25. The molecule has 0 aromatic heterocycles. The van der Waals surface area contributed by atoms with Gasteiger partial charge in [-0.2, -0.15) is 0 Å². The van der Waals surface area contributed by atoms with Crippen LogP contribution in [0.15, 0.2) is 23.7 Å². The first kappa shape index (κ1) is 20.7. The minimum atomic E-state index is -0.965. The van der Waals surface area contributed by atoms with Crippen molar-refractivity contribution in [2.24, 2.45) is 0 Å². The molecule has 1 aromatic carbocycles. The van der Waals surface area contributed by atoms with Crippen LogP contribution < -0.4 is 0 Å². The SMILES string of the molecule is CC(=O)SCC(=Cc1ccc(C)c(C(=O)O)c1)B1OC(C)(C)C(C)(C)O1. The van der Waals surface area contributed by atoms with Gasteiger partial charge in [0.05, 0.1) is 16.8 Å². The fraction of sp³-hybridized carbons (Fsp3) is 0.474. The van der Waals surface area contributed by atoms with Crippen LogP contribution >= 0.6 is 11.8 Å². The lowest BCUT2D eigenvalue weighted by Crippen LogP contribution is -2.41. The number of thioether (sulfide) groups is 1. The molecule has 0 radical (unpaired) electrons.